The molecular formula is C16H10N6S2. The van der Waals surface area contributed by atoms with Crippen LogP contribution in [0.15, 0.2) is 48.4 Å². The molecule has 0 saturated carbocycles. The molecule has 4 heterocycles. The van der Waals surface area contributed by atoms with E-state index in [1.807, 2.05) is 23.7 Å². The largest absolute Gasteiger partial charge is 0.340 e. The number of thiophene rings is 1. The lowest BCUT2D eigenvalue weighted by Crippen LogP contribution is -1.94. The minimum atomic E-state index is 0.789. The van der Waals surface area contributed by atoms with Gasteiger partial charge in [0.2, 0.25) is 0 Å². The van der Waals surface area contributed by atoms with Crippen LogP contribution in [0, 0.1) is 0 Å². The van der Waals surface area contributed by atoms with Crippen LogP contribution >= 0.6 is 22.7 Å². The Morgan fingerprint density at radius 2 is 2.04 bits per heavy atom. The number of hydrogen-bond donors (Lipinski definition) is 2. The third-order valence-corrected chi connectivity index (χ3v) is 5.58. The summed E-state index contributed by atoms with van der Waals surface area (Å²) in [6, 6.07) is 10.2. The number of nitrogens with zero attached hydrogens (tertiary/aromatic N) is 4. The molecule has 8 heteroatoms. The molecule has 2 N–H and O–H groups in total. The highest BCUT2D eigenvalue weighted by molar-refractivity contribution is 7.21. The fourth-order valence-corrected chi connectivity index (χ4v) is 4.19. The van der Waals surface area contributed by atoms with E-state index in [9.17, 15) is 0 Å². The van der Waals surface area contributed by atoms with Crippen molar-refractivity contribution < 1.29 is 0 Å². The summed E-state index contributed by atoms with van der Waals surface area (Å²) in [5.74, 6) is 0.789. The zero-order valence-electron chi connectivity index (χ0n) is 12.2. The van der Waals surface area contributed by atoms with Crippen LogP contribution in [0.4, 0.5) is 11.5 Å². The molecule has 0 spiro atoms. The van der Waals surface area contributed by atoms with Crippen LogP contribution < -0.4 is 5.32 Å². The Labute approximate surface area is 144 Å². The van der Waals surface area contributed by atoms with Crippen molar-refractivity contribution in [2.45, 2.75) is 0 Å². The van der Waals surface area contributed by atoms with E-state index in [0.29, 0.717) is 0 Å². The van der Waals surface area contributed by atoms with Crippen molar-refractivity contribution in [3.8, 4) is 10.6 Å². The first-order valence-electron chi connectivity index (χ1n) is 7.21. The van der Waals surface area contributed by atoms with Gasteiger partial charge in [0, 0.05) is 11.9 Å². The van der Waals surface area contributed by atoms with Gasteiger partial charge >= 0.3 is 0 Å². The van der Waals surface area contributed by atoms with Gasteiger partial charge in [-0.2, -0.15) is 5.10 Å². The summed E-state index contributed by atoms with van der Waals surface area (Å²) in [5, 5.41) is 11.4. The van der Waals surface area contributed by atoms with Crippen molar-refractivity contribution in [1.29, 1.82) is 0 Å². The molecule has 0 fully saturated rings. The van der Waals surface area contributed by atoms with Crippen molar-refractivity contribution in [2.75, 3.05) is 5.32 Å². The number of anilines is 2. The summed E-state index contributed by atoms with van der Waals surface area (Å²) in [6.07, 6.45) is 3.33. The predicted molar refractivity (Wildman–Crippen MR) is 97.9 cm³/mol. The van der Waals surface area contributed by atoms with Gasteiger partial charge in [0.15, 0.2) is 0 Å². The van der Waals surface area contributed by atoms with Gasteiger partial charge in [-0.05, 0) is 30.3 Å². The maximum absolute atomic E-state index is 4.41. The maximum Gasteiger partial charge on any atom is 0.142 e. The van der Waals surface area contributed by atoms with Gasteiger partial charge in [-0.3, -0.25) is 5.10 Å². The Hall–Kier alpha value is -2.84. The fraction of sp³-hybridized carbons (Fsp3) is 0. The Bertz CT molecular complexity index is 1140. The van der Waals surface area contributed by atoms with Gasteiger partial charge < -0.3 is 5.32 Å². The van der Waals surface area contributed by atoms with Crippen molar-refractivity contribution in [1.82, 2.24) is 25.1 Å². The van der Waals surface area contributed by atoms with Gasteiger partial charge in [0.1, 0.15) is 17.0 Å². The highest BCUT2D eigenvalue weighted by atomic mass is 32.1. The van der Waals surface area contributed by atoms with Crippen LogP contribution in [0.2, 0.25) is 0 Å². The molecule has 4 aromatic heterocycles. The zero-order valence-corrected chi connectivity index (χ0v) is 13.9. The topological polar surface area (TPSA) is 79.4 Å². The second-order valence-electron chi connectivity index (χ2n) is 5.18. The average molecular weight is 350 g/mol. The third kappa shape index (κ3) is 2.24. The van der Waals surface area contributed by atoms with Gasteiger partial charge in [0.05, 0.1) is 31.7 Å². The minimum Gasteiger partial charge on any atom is -0.340 e. The SMILES string of the molecule is c1cc(-c2cc3c(Nc4ccc5scnc5c4)ncnc3s2)[nH]n1. The molecule has 5 aromatic rings. The van der Waals surface area contributed by atoms with Crippen LogP contribution in [0.5, 0.6) is 0 Å². The Kier molecular flexibility index (Phi) is 3.03. The van der Waals surface area contributed by atoms with Gasteiger partial charge in [0.25, 0.3) is 0 Å². The van der Waals surface area contributed by atoms with Crippen molar-refractivity contribution in [3.63, 3.8) is 0 Å². The van der Waals surface area contributed by atoms with E-state index in [-0.39, 0.29) is 0 Å². The van der Waals surface area contributed by atoms with Crippen LogP contribution in [-0.4, -0.2) is 25.1 Å². The molecule has 116 valence electrons. The molecule has 0 amide bonds. The smallest absolute Gasteiger partial charge is 0.142 e. The number of aromatic amines is 1. The standard InChI is InChI=1S/C16H10N6S2/c1-2-13-12(19-8-23-13)5-9(1)21-15-10-6-14(11-3-4-20-22-11)24-16(10)18-7-17-15/h1-8H,(H,20,22)(H,17,18,21). The molecule has 0 aliphatic carbocycles. The minimum absolute atomic E-state index is 0.789. The summed E-state index contributed by atoms with van der Waals surface area (Å²) >= 11 is 3.25. The lowest BCUT2D eigenvalue weighted by molar-refractivity contribution is 1.10. The van der Waals surface area contributed by atoms with E-state index in [2.05, 4.69) is 42.6 Å². The summed E-state index contributed by atoms with van der Waals surface area (Å²) < 4.78 is 1.17. The molecule has 6 nitrogen and oxygen atoms in total. The molecule has 24 heavy (non-hydrogen) atoms. The number of fused-ring (bicyclic) bond motifs is 2. The number of nitrogens with one attached hydrogen (secondary N) is 2. The number of H-pyrrole nitrogens is 1. The van der Waals surface area contributed by atoms with Crippen molar-refractivity contribution in [3.05, 3.63) is 48.4 Å². The molecule has 0 aliphatic rings. The molecule has 0 saturated heterocycles. The Morgan fingerprint density at radius 1 is 1.04 bits per heavy atom. The van der Waals surface area contributed by atoms with Crippen LogP contribution in [0.3, 0.4) is 0 Å². The number of rotatable bonds is 3. The highest BCUT2D eigenvalue weighted by Gasteiger charge is 2.11. The van der Waals surface area contributed by atoms with Crippen LogP contribution in [0.25, 0.3) is 31.0 Å². The summed E-state index contributed by atoms with van der Waals surface area (Å²) in [6.45, 7) is 0. The Balaban J connectivity index is 1.58. The fourth-order valence-electron chi connectivity index (χ4n) is 2.55. The van der Waals surface area contributed by atoms with E-state index in [0.717, 1.165) is 37.8 Å². The number of thiazole rings is 1. The normalized spacial score (nSPS) is 11.3. The molecule has 0 unspecified atom stereocenters. The first-order valence-corrected chi connectivity index (χ1v) is 8.91. The molecule has 0 radical (unpaired) electrons. The molecular weight excluding hydrogens is 340 g/mol. The number of benzene rings is 1. The van der Waals surface area contributed by atoms with E-state index >= 15 is 0 Å². The summed E-state index contributed by atoms with van der Waals surface area (Å²) in [4.78, 5) is 15.2. The monoisotopic (exact) mass is 350 g/mol. The Morgan fingerprint density at radius 3 is 2.96 bits per heavy atom. The van der Waals surface area contributed by atoms with Gasteiger partial charge in [-0.15, -0.1) is 22.7 Å². The van der Waals surface area contributed by atoms with Gasteiger partial charge in [-0.25, -0.2) is 15.0 Å². The molecule has 0 aliphatic heterocycles. The quantitative estimate of drug-likeness (QED) is 0.503. The van der Waals surface area contributed by atoms with Crippen LogP contribution in [-0.2, 0) is 0 Å². The van der Waals surface area contributed by atoms with Gasteiger partial charge in [-0.1, -0.05) is 0 Å². The second kappa shape index (κ2) is 5.36. The van der Waals surface area contributed by atoms with E-state index in [4.69, 9.17) is 0 Å². The molecule has 0 bridgehead atoms. The van der Waals surface area contributed by atoms with Crippen LogP contribution in [0.1, 0.15) is 0 Å². The van der Waals surface area contributed by atoms with Crippen molar-refractivity contribution >= 4 is 54.6 Å². The zero-order chi connectivity index (χ0) is 15.9. The molecule has 0 atom stereocenters. The van der Waals surface area contributed by atoms with Crippen molar-refractivity contribution in [2.24, 2.45) is 0 Å². The third-order valence-electron chi connectivity index (χ3n) is 3.69. The number of hydrogen-bond acceptors (Lipinski definition) is 7. The maximum atomic E-state index is 4.41. The predicted octanol–water partition coefficient (Wildman–Crippen LogP) is 4.43. The summed E-state index contributed by atoms with van der Waals surface area (Å²) in [5.41, 5.74) is 4.78. The van der Waals surface area contributed by atoms with E-state index < -0.39 is 0 Å². The van der Waals surface area contributed by atoms with E-state index in [1.165, 1.54) is 4.70 Å². The first-order chi connectivity index (χ1) is 11.9. The molecule has 1 aromatic carbocycles. The summed E-state index contributed by atoms with van der Waals surface area (Å²) in [7, 11) is 0. The molecule has 5 rings (SSSR count). The lowest BCUT2D eigenvalue weighted by atomic mass is 10.2. The second-order valence-corrected chi connectivity index (χ2v) is 7.10. The first kappa shape index (κ1) is 13.6. The van der Waals surface area contributed by atoms with E-state index in [1.54, 1.807) is 35.2 Å². The lowest BCUT2D eigenvalue weighted by Gasteiger charge is -2.06. The highest BCUT2D eigenvalue weighted by Crippen LogP contribution is 2.35. The number of aromatic nitrogens is 5. The average Bonchev–Trinajstić information content (AvgIpc) is 3.34.